The van der Waals surface area contributed by atoms with Crippen LogP contribution in [-0.4, -0.2) is 50.2 Å². The van der Waals surface area contributed by atoms with Crippen LogP contribution in [0.1, 0.15) is 45.4 Å². The Labute approximate surface area is 150 Å². The average molecular weight is 369 g/mol. The first-order chi connectivity index (χ1) is 11.9. The molecule has 1 aliphatic rings. The first-order valence-corrected chi connectivity index (χ1v) is 8.98. The van der Waals surface area contributed by atoms with E-state index >= 15 is 0 Å². The Morgan fingerprint density at radius 3 is 2.76 bits per heavy atom. The number of rotatable bonds is 8. The third-order valence-electron chi connectivity index (χ3n) is 3.78. The molecule has 25 heavy (non-hydrogen) atoms. The number of nitrogens with one attached hydrogen (secondary N) is 2. The van der Waals surface area contributed by atoms with E-state index in [1.54, 1.807) is 13.8 Å². The van der Waals surface area contributed by atoms with Crippen LogP contribution in [-0.2, 0) is 14.3 Å². The molecular formula is C16H23N3O5S. The molecule has 2 amide bonds. The Kier molecular flexibility index (Phi) is 6.91. The fourth-order valence-electron chi connectivity index (χ4n) is 2.61. The van der Waals surface area contributed by atoms with Gasteiger partial charge in [-0.15, -0.1) is 11.3 Å². The summed E-state index contributed by atoms with van der Waals surface area (Å²) in [5, 5.41) is 5.96. The zero-order valence-corrected chi connectivity index (χ0v) is 15.2. The van der Waals surface area contributed by atoms with Crippen molar-refractivity contribution in [1.82, 2.24) is 5.32 Å². The van der Waals surface area contributed by atoms with Crippen LogP contribution < -0.4 is 16.4 Å². The van der Waals surface area contributed by atoms with Crippen molar-refractivity contribution in [3.63, 3.8) is 0 Å². The summed E-state index contributed by atoms with van der Waals surface area (Å²) in [7, 11) is 0. The molecule has 1 saturated heterocycles. The van der Waals surface area contributed by atoms with Gasteiger partial charge in [0.05, 0.1) is 29.7 Å². The molecule has 0 radical (unpaired) electrons. The molecule has 1 aliphatic heterocycles. The maximum absolute atomic E-state index is 12.1. The van der Waals surface area contributed by atoms with Gasteiger partial charge in [-0.2, -0.15) is 0 Å². The minimum absolute atomic E-state index is 0.0744. The lowest BCUT2D eigenvalue weighted by Crippen LogP contribution is -2.33. The van der Waals surface area contributed by atoms with Crippen molar-refractivity contribution < 1.29 is 23.9 Å². The second-order valence-electron chi connectivity index (χ2n) is 5.66. The highest BCUT2D eigenvalue weighted by Gasteiger charge is 2.25. The summed E-state index contributed by atoms with van der Waals surface area (Å²) >= 11 is 0.976. The number of primary amides is 1. The number of hydrogen-bond acceptors (Lipinski definition) is 7. The highest BCUT2D eigenvalue weighted by molar-refractivity contribution is 7.18. The van der Waals surface area contributed by atoms with Crippen LogP contribution in [0.25, 0.3) is 0 Å². The summed E-state index contributed by atoms with van der Waals surface area (Å²) in [5.41, 5.74) is 5.92. The first kappa shape index (κ1) is 19.4. The Morgan fingerprint density at radius 2 is 2.16 bits per heavy atom. The van der Waals surface area contributed by atoms with Crippen molar-refractivity contribution in [3.05, 3.63) is 16.0 Å². The summed E-state index contributed by atoms with van der Waals surface area (Å²) in [6, 6.07) is 0. The predicted octanol–water partition coefficient (Wildman–Crippen LogP) is 1.04. The van der Waals surface area contributed by atoms with E-state index in [9.17, 15) is 14.4 Å². The van der Waals surface area contributed by atoms with Crippen molar-refractivity contribution in [2.75, 3.05) is 31.6 Å². The zero-order valence-electron chi connectivity index (χ0n) is 14.3. The summed E-state index contributed by atoms with van der Waals surface area (Å²) in [6.45, 7) is 4.90. The van der Waals surface area contributed by atoms with Gasteiger partial charge in [-0.05, 0) is 32.3 Å². The molecule has 4 N–H and O–H groups in total. The number of amides is 2. The van der Waals surface area contributed by atoms with E-state index in [0.29, 0.717) is 12.1 Å². The lowest BCUT2D eigenvalue weighted by molar-refractivity contribution is -0.115. The summed E-state index contributed by atoms with van der Waals surface area (Å²) in [6.07, 6.45) is 2.15. The molecule has 1 aromatic heterocycles. The summed E-state index contributed by atoms with van der Waals surface area (Å²) in [5.74, 6) is -1.56. The van der Waals surface area contributed by atoms with Gasteiger partial charge in [0.1, 0.15) is 5.00 Å². The first-order valence-electron chi connectivity index (χ1n) is 8.16. The zero-order chi connectivity index (χ0) is 18.4. The molecule has 0 aliphatic carbocycles. The quantitative estimate of drug-likeness (QED) is 0.589. The number of carbonyl (C=O) groups excluding carboxylic acids is 3. The molecule has 9 heteroatoms. The van der Waals surface area contributed by atoms with E-state index in [2.05, 4.69) is 10.6 Å². The van der Waals surface area contributed by atoms with Gasteiger partial charge in [-0.1, -0.05) is 0 Å². The highest BCUT2D eigenvalue weighted by atomic mass is 32.1. The topological polar surface area (TPSA) is 120 Å². The standard InChI is InChI=1S/C16H23N3O5S/c1-3-23-16(22)12-9(2)13(14(17)21)25-15(12)19-11(20)8-18-7-10-5-4-6-24-10/h10,18H,3-8H2,1-2H3,(H2,17,21)(H,19,20)/t10-/m0/s1. The minimum Gasteiger partial charge on any atom is -0.462 e. The van der Waals surface area contributed by atoms with Crippen molar-refractivity contribution in [2.24, 2.45) is 5.73 Å². The molecule has 0 saturated carbocycles. The van der Waals surface area contributed by atoms with Crippen LogP contribution in [0.5, 0.6) is 0 Å². The molecular weight excluding hydrogens is 346 g/mol. The Bertz CT molecular complexity index is 652. The highest BCUT2D eigenvalue weighted by Crippen LogP contribution is 2.33. The molecule has 1 aromatic rings. The Balaban J connectivity index is 2.03. The van der Waals surface area contributed by atoms with Crippen molar-refractivity contribution in [2.45, 2.75) is 32.8 Å². The lowest BCUT2D eigenvalue weighted by atomic mass is 10.1. The number of anilines is 1. The monoisotopic (exact) mass is 369 g/mol. The molecule has 2 heterocycles. The van der Waals surface area contributed by atoms with E-state index in [0.717, 1.165) is 30.8 Å². The maximum atomic E-state index is 12.1. The molecule has 138 valence electrons. The lowest BCUT2D eigenvalue weighted by Gasteiger charge is -2.11. The van der Waals surface area contributed by atoms with Crippen LogP contribution in [0.15, 0.2) is 0 Å². The Hall–Kier alpha value is -1.97. The fourth-order valence-corrected chi connectivity index (χ4v) is 3.67. The van der Waals surface area contributed by atoms with E-state index in [-0.39, 0.29) is 40.6 Å². The number of carbonyl (C=O) groups is 3. The van der Waals surface area contributed by atoms with E-state index < -0.39 is 11.9 Å². The number of nitrogens with two attached hydrogens (primary N) is 1. The molecule has 0 aromatic carbocycles. The molecule has 8 nitrogen and oxygen atoms in total. The second kappa shape index (κ2) is 8.93. The second-order valence-corrected chi connectivity index (χ2v) is 6.68. The SMILES string of the molecule is CCOC(=O)c1c(NC(=O)CNC[C@@H]2CCCO2)sc(C(N)=O)c1C. The largest absolute Gasteiger partial charge is 0.462 e. The van der Waals surface area contributed by atoms with Gasteiger partial charge in [0.15, 0.2) is 0 Å². The van der Waals surface area contributed by atoms with Crippen LogP contribution in [0.2, 0.25) is 0 Å². The van der Waals surface area contributed by atoms with Gasteiger partial charge in [0, 0.05) is 13.2 Å². The number of ether oxygens (including phenoxy) is 2. The van der Waals surface area contributed by atoms with Crippen molar-refractivity contribution in [1.29, 1.82) is 0 Å². The van der Waals surface area contributed by atoms with Gasteiger partial charge in [0.25, 0.3) is 5.91 Å². The molecule has 1 fully saturated rings. The van der Waals surface area contributed by atoms with Gasteiger partial charge in [0.2, 0.25) is 5.91 Å². The summed E-state index contributed by atoms with van der Waals surface area (Å²) < 4.78 is 10.5. The maximum Gasteiger partial charge on any atom is 0.341 e. The van der Waals surface area contributed by atoms with Gasteiger partial charge < -0.3 is 25.8 Å². The normalized spacial score (nSPS) is 16.6. The van der Waals surface area contributed by atoms with E-state index in [1.807, 2.05) is 0 Å². The Morgan fingerprint density at radius 1 is 1.40 bits per heavy atom. The van der Waals surface area contributed by atoms with E-state index in [1.165, 1.54) is 0 Å². The molecule has 0 bridgehead atoms. The predicted molar refractivity (Wildman–Crippen MR) is 94.0 cm³/mol. The van der Waals surface area contributed by atoms with Crippen LogP contribution in [0.3, 0.4) is 0 Å². The third kappa shape index (κ3) is 5.00. The molecule has 0 unspecified atom stereocenters. The van der Waals surface area contributed by atoms with Gasteiger partial charge in [-0.3, -0.25) is 9.59 Å². The number of esters is 1. The van der Waals surface area contributed by atoms with Gasteiger partial charge in [-0.25, -0.2) is 4.79 Å². The van der Waals surface area contributed by atoms with E-state index in [4.69, 9.17) is 15.2 Å². The van der Waals surface area contributed by atoms with Crippen LogP contribution in [0.4, 0.5) is 5.00 Å². The minimum atomic E-state index is -0.648. The van der Waals surface area contributed by atoms with Crippen molar-refractivity contribution in [3.8, 4) is 0 Å². The molecule has 2 rings (SSSR count). The van der Waals surface area contributed by atoms with Crippen molar-refractivity contribution >= 4 is 34.1 Å². The fraction of sp³-hybridized carbons (Fsp3) is 0.562. The summed E-state index contributed by atoms with van der Waals surface area (Å²) in [4.78, 5) is 36.0. The third-order valence-corrected chi connectivity index (χ3v) is 5.01. The number of hydrogen-bond donors (Lipinski definition) is 3. The molecule has 0 spiro atoms. The smallest absolute Gasteiger partial charge is 0.341 e. The molecule has 1 atom stereocenters. The number of thiophene rings is 1. The van der Waals surface area contributed by atoms with Gasteiger partial charge >= 0.3 is 5.97 Å². The average Bonchev–Trinajstić information content (AvgIpc) is 3.15. The van der Waals surface area contributed by atoms with Crippen LogP contribution >= 0.6 is 11.3 Å². The van der Waals surface area contributed by atoms with Crippen LogP contribution in [0, 0.1) is 6.92 Å².